The van der Waals surface area contributed by atoms with Crippen LogP contribution in [0.2, 0.25) is 0 Å². The van der Waals surface area contributed by atoms with E-state index in [1.165, 1.54) is 7.05 Å². The minimum absolute atomic E-state index is 0.0480. The number of nitrogens with one attached hydrogen (secondary N) is 1. The van der Waals surface area contributed by atoms with E-state index in [1.807, 2.05) is 64.2 Å². The van der Waals surface area contributed by atoms with E-state index < -0.39 is 23.2 Å². The first kappa shape index (κ1) is 32.4. The van der Waals surface area contributed by atoms with Crippen molar-refractivity contribution in [2.75, 3.05) is 25.5 Å². The summed E-state index contributed by atoms with van der Waals surface area (Å²) in [6, 6.07) is 13.0. The molecule has 2 amide bonds. The second-order valence-electron chi connectivity index (χ2n) is 11.9. The van der Waals surface area contributed by atoms with Gasteiger partial charge in [-0.15, -0.1) is 0 Å². The molecule has 44 heavy (non-hydrogen) atoms. The van der Waals surface area contributed by atoms with Crippen LogP contribution in [0.1, 0.15) is 62.8 Å². The van der Waals surface area contributed by atoms with Gasteiger partial charge in [-0.05, 0) is 87.1 Å². The number of hydrazone groups is 1. The number of amides is 2. The molecule has 2 aliphatic heterocycles. The number of rotatable bonds is 8. The number of allylic oxidation sites excluding steroid dienone is 2. The Bertz CT molecular complexity index is 1490. The van der Waals surface area contributed by atoms with Gasteiger partial charge in [0.2, 0.25) is 11.8 Å². The number of anilines is 1. The number of aliphatic imine (C=N–C) groups is 1. The van der Waals surface area contributed by atoms with Gasteiger partial charge < -0.3 is 19.7 Å². The van der Waals surface area contributed by atoms with E-state index in [1.54, 1.807) is 22.0 Å². The Kier molecular flexibility index (Phi) is 9.56. The zero-order valence-corrected chi connectivity index (χ0v) is 25.8. The molecule has 1 spiro atoms. The smallest absolute Gasteiger partial charge is 0.410 e. The summed E-state index contributed by atoms with van der Waals surface area (Å²) in [5.41, 5.74) is 3.69. The lowest BCUT2D eigenvalue weighted by Crippen LogP contribution is -2.49. The number of benzene rings is 2. The lowest BCUT2D eigenvalue weighted by atomic mass is 9.73. The molecule has 0 atom stereocenters. The highest BCUT2D eigenvalue weighted by Gasteiger charge is 2.49. The monoisotopic (exact) mass is 607 g/mol. The number of ether oxygens (including phenoxy) is 2. The van der Waals surface area contributed by atoms with Crippen LogP contribution in [-0.4, -0.2) is 66.7 Å². The molecule has 0 saturated carbocycles. The van der Waals surface area contributed by atoms with Gasteiger partial charge in [0.15, 0.2) is 5.76 Å². The first-order valence-corrected chi connectivity index (χ1v) is 14.3. The van der Waals surface area contributed by atoms with Crippen molar-refractivity contribution in [1.82, 2.24) is 9.91 Å². The second-order valence-corrected chi connectivity index (χ2v) is 11.9. The Morgan fingerprint density at radius 2 is 1.80 bits per heavy atom. The molecule has 0 radical (unpaired) electrons. The minimum Gasteiger partial charge on any atom is -0.444 e. The summed E-state index contributed by atoms with van der Waals surface area (Å²) in [4.78, 5) is 31.5. The van der Waals surface area contributed by atoms with Gasteiger partial charge in [-0.3, -0.25) is 14.8 Å². The van der Waals surface area contributed by atoms with Crippen molar-refractivity contribution in [2.24, 2.45) is 10.1 Å². The van der Waals surface area contributed by atoms with Crippen LogP contribution in [0.3, 0.4) is 0 Å². The van der Waals surface area contributed by atoms with Crippen LogP contribution in [0.5, 0.6) is 0 Å². The maximum Gasteiger partial charge on any atom is 0.410 e. The van der Waals surface area contributed by atoms with E-state index in [-0.39, 0.29) is 17.9 Å². The number of nitrogens with zero attached hydrogens (tertiary/aromatic N) is 4. The number of likely N-dealkylation sites (tertiary alicyclic amines) is 1. The molecule has 234 valence electrons. The number of carbonyl (C=O) groups excluding carboxylic acids is 2. The van der Waals surface area contributed by atoms with Crippen LogP contribution in [-0.2, 0) is 26.2 Å². The SMILES string of the molecule is C=NN(/C=C(\C)c1ccc2c(c1)C1(CCN(C(=O)OC(C)(C)C)CC1)C(=O)N2)Cc1ccc(C(=NC)OC(=C)C(F)F)cc1. The summed E-state index contributed by atoms with van der Waals surface area (Å²) < 4.78 is 36.3. The quantitative estimate of drug-likeness (QED) is 0.159. The fourth-order valence-corrected chi connectivity index (χ4v) is 5.33. The molecule has 1 N–H and O–H groups in total. The zero-order valence-electron chi connectivity index (χ0n) is 25.8. The first-order valence-electron chi connectivity index (χ1n) is 14.3. The van der Waals surface area contributed by atoms with Crippen molar-refractivity contribution < 1.29 is 27.8 Å². The minimum atomic E-state index is -2.81. The molecule has 0 aromatic heterocycles. The number of hydrogen-bond acceptors (Lipinski definition) is 7. The molecule has 2 aromatic carbocycles. The third-order valence-electron chi connectivity index (χ3n) is 7.69. The van der Waals surface area contributed by atoms with Crippen molar-refractivity contribution in [1.29, 1.82) is 0 Å². The molecular weight excluding hydrogens is 568 g/mol. The Hall–Kier alpha value is -4.54. The van der Waals surface area contributed by atoms with Crippen molar-refractivity contribution in [2.45, 2.75) is 64.5 Å². The van der Waals surface area contributed by atoms with E-state index in [0.29, 0.717) is 38.0 Å². The van der Waals surface area contributed by atoms with Crippen LogP contribution < -0.4 is 5.32 Å². The number of fused-ring (bicyclic) bond motifs is 2. The standard InChI is InChI=1S/C33H39F2N5O4/c1-21(19-40(37-7)20-23-8-10-24(11-9-23)29(36-6)43-22(2)28(34)35)25-12-13-27-26(18-25)33(30(41)38-27)14-16-39(17-15-33)31(42)44-32(3,4)5/h8-13,18-19,28H,2,7,14-17,20H2,1,3-6H3,(H,38,41)/b21-19+,36-29?. The number of hydrogen-bond donors (Lipinski definition) is 1. The number of piperidine rings is 1. The summed E-state index contributed by atoms with van der Waals surface area (Å²) >= 11 is 0. The Balaban J connectivity index is 1.47. The van der Waals surface area contributed by atoms with Gasteiger partial charge in [0, 0.05) is 44.3 Å². The van der Waals surface area contributed by atoms with Crippen molar-refractivity contribution >= 4 is 35.9 Å². The van der Waals surface area contributed by atoms with Crippen molar-refractivity contribution in [3.05, 3.63) is 83.3 Å². The number of carbonyl (C=O) groups is 2. The van der Waals surface area contributed by atoms with Gasteiger partial charge in [-0.1, -0.05) is 24.8 Å². The molecule has 9 nitrogen and oxygen atoms in total. The van der Waals surface area contributed by atoms with Crippen LogP contribution >= 0.6 is 0 Å². The van der Waals surface area contributed by atoms with Crippen LogP contribution in [0.15, 0.2) is 71.1 Å². The summed E-state index contributed by atoms with van der Waals surface area (Å²) in [6.45, 7) is 15.6. The topological polar surface area (TPSA) is 95.8 Å². The highest BCUT2D eigenvalue weighted by molar-refractivity contribution is 6.06. The normalized spacial score (nSPS) is 16.5. The molecule has 2 heterocycles. The fourth-order valence-electron chi connectivity index (χ4n) is 5.33. The lowest BCUT2D eigenvalue weighted by Gasteiger charge is -2.38. The lowest BCUT2D eigenvalue weighted by molar-refractivity contribution is -0.122. The van der Waals surface area contributed by atoms with E-state index in [2.05, 4.69) is 28.7 Å². The highest BCUT2D eigenvalue weighted by Crippen LogP contribution is 2.46. The van der Waals surface area contributed by atoms with E-state index in [0.717, 1.165) is 28.0 Å². The van der Waals surface area contributed by atoms with Gasteiger partial charge >= 0.3 is 6.09 Å². The molecule has 1 saturated heterocycles. The maximum atomic E-state index is 13.2. The predicted octanol–water partition coefficient (Wildman–Crippen LogP) is 6.56. The molecule has 0 unspecified atom stereocenters. The van der Waals surface area contributed by atoms with Crippen LogP contribution in [0, 0.1) is 0 Å². The van der Waals surface area contributed by atoms with Gasteiger partial charge in [-0.25, -0.2) is 13.6 Å². The molecule has 0 aliphatic carbocycles. The Morgan fingerprint density at radius 3 is 2.36 bits per heavy atom. The van der Waals surface area contributed by atoms with Crippen molar-refractivity contribution in [3.8, 4) is 0 Å². The summed E-state index contributed by atoms with van der Waals surface area (Å²) in [6.07, 6.45) is -0.300. The van der Waals surface area contributed by atoms with Crippen molar-refractivity contribution in [3.63, 3.8) is 0 Å². The van der Waals surface area contributed by atoms with Crippen LogP contribution in [0.25, 0.3) is 5.57 Å². The van der Waals surface area contributed by atoms with E-state index >= 15 is 0 Å². The highest BCUT2D eigenvalue weighted by atomic mass is 19.3. The molecule has 0 bridgehead atoms. The van der Waals surface area contributed by atoms with E-state index in [9.17, 15) is 18.4 Å². The molecule has 2 aromatic rings. The summed E-state index contributed by atoms with van der Waals surface area (Å²) in [7, 11) is 1.46. The zero-order chi connectivity index (χ0) is 32.2. The summed E-state index contributed by atoms with van der Waals surface area (Å²) in [5.74, 6) is -0.663. The third kappa shape index (κ3) is 7.15. The molecule has 2 aliphatic rings. The predicted molar refractivity (Wildman–Crippen MR) is 168 cm³/mol. The molecule has 1 fully saturated rings. The van der Waals surface area contributed by atoms with E-state index in [4.69, 9.17) is 9.47 Å². The van der Waals surface area contributed by atoms with Gasteiger partial charge in [0.25, 0.3) is 6.43 Å². The fraction of sp³-hybridized carbons (Fsp3) is 0.394. The summed E-state index contributed by atoms with van der Waals surface area (Å²) in [5, 5.41) is 8.87. The average molecular weight is 608 g/mol. The first-order chi connectivity index (χ1) is 20.8. The molecule has 11 heteroatoms. The number of alkyl halides is 2. The maximum absolute atomic E-state index is 13.2. The number of halogens is 2. The third-order valence-corrected chi connectivity index (χ3v) is 7.69. The second kappa shape index (κ2) is 13.0. The van der Waals surface area contributed by atoms with Gasteiger partial charge in [0.1, 0.15) is 5.60 Å². The van der Waals surface area contributed by atoms with Gasteiger partial charge in [0.05, 0.1) is 12.0 Å². The largest absolute Gasteiger partial charge is 0.444 e. The average Bonchev–Trinajstić information content (AvgIpc) is 3.24. The van der Waals surface area contributed by atoms with Gasteiger partial charge in [-0.2, -0.15) is 5.10 Å². The Morgan fingerprint density at radius 1 is 1.16 bits per heavy atom. The molecular formula is C33H39F2N5O4. The van der Waals surface area contributed by atoms with Crippen LogP contribution in [0.4, 0.5) is 19.3 Å². The Labute approximate surface area is 256 Å². The molecule has 4 rings (SSSR count).